The van der Waals surface area contributed by atoms with Crippen LogP contribution in [0.3, 0.4) is 0 Å². The molecule has 0 spiro atoms. The lowest BCUT2D eigenvalue weighted by Gasteiger charge is -2.44. The number of nitrogens with one attached hydrogen (secondary N) is 1. The number of likely N-dealkylation sites (tertiary alicyclic amines) is 2. The molecule has 0 aromatic rings. The van der Waals surface area contributed by atoms with Crippen LogP contribution in [0.15, 0.2) is 0 Å². The Hall–Kier alpha value is -0.120. The van der Waals surface area contributed by atoms with E-state index in [1.807, 2.05) is 0 Å². The molecule has 1 saturated carbocycles. The molecule has 3 unspecified atom stereocenters. The summed E-state index contributed by atoms with van der Waals surface area (Å²) >= 11 is 0. The van der Waals surface area contributed by atoms with Gasteiger partial charge in [-0.05, 0) is 78.4 Å². The summed E-state index contributed by atoms with van der Waals surface area (Å²) in [5, 5.41) is 3.71. The fourth-order valence-electron chi connectivity index (χ4n) is 4.18. The summed E-state index contributed by atoms with van der Waals surface area (Å²) < 4.78 is 0. The molecule has 1 N–H and O–H groups in total. The zero-order valence-electron chi connectivity index (χ0n) is 13.7. The van der Waals surface area contributed by atoms with Gasteiger partial charge in [-0.1, -0.05) is 0 Å². The Morgan fingerprint density at radius 1 is 0.950 bits per heavy atom. The van der Waals surface area contributed by atoms with Crippen molar-refractivity contribution in [2.75, 3.05) is 32.7 Å². The minimum Gasteiger partial charge on any atom is -0.312 e. The Labute approximate surface area is 125 Å². The monoisotopic (exact) mass is 279 g/mol. The molecule has 3 rings (SSSR count). The maximum atomic E-state index is 3.71. The highest BCUT2D eigenvalue weighted by molar-refractivity contribution is 4.96. The number of rotatable bonds is 4. The van der Waals surface area contributed by atoms with Crippen LogP contribution < -0.4 is 5.32 Å². The molecule has 20 heavy (non-hydrogen) atoms. The van der Waals surface area contributed by atoms with E-state index in [0.29, 0.717) is 0 Å². The second-order valence-electron chi connectivity index (χ2n) is 8.22. The van der Waals surface area contributed by atoms with E-state index in [1.165, 1.54) is 64.8 Å². The summed E-state index contributed by atoms with van der Waals surface area (Å²) in [6.45, 7) is 13.4. The van der Waals surface area contributed by atoms with Gasteiger partial charge in [-0.15, -0.1) is 0 Å². The Morgan fingerprint density at radius 3 is 2.30 bits per heavy atom. The predicted octanol–water partition coefficient (Wildman–Crippen LogP) is 2.32. The van der Waals surface area contributed by atoms with Gasteiger partial charge in [-0.25, -0.2) is 0 Å². The van der Waals surface area contributed by atoms with Gasteiger partial charge in [-0.2, -0.15) is 0 Å². The summed E-state index contributed by atoms with van der Waals surface area (Å²) in [5.74, 6) is 0.895. The normalized spacial score (nSPS) is 36.5. The lowest BCUT2D eigenvalue weighted by atomic mass is 9.78. The molecule has 0 bridgehead atoms. The van der Waals surface area contributed by atoms with E-state index in [9.17, 15) is 0 Å². The van der Waals surface area contributed by atoms with Crippen LogP contribution in [-0.2, 0) is 0 Å². The average molecular weight is 279 g/mol. The summed E-state index contributed by atoms with van der Waals surface area (Å²) in [5.41, 5.74) is 0.267. The fraction of sp³-hybridized carbons (Fsp3) is 1.00. The second-order valence-corrected chi connectivity index (χ2v) is 8.22. The second kappa shape index (κ2) is 5.94. The van der Waals surface area contributed by atoms with Crippen LogP contribution in [0, 0.1) is 5.92 Å². The molecule has 2 aliphatic heterocycles. The molecule has 3 fully saturated rings. The summed E-state index contributed by atoms with van der Waals surface area (Å²) in [6, 6.07) is 1.74. The van der Waals surface area contributed by atoms with Crippen LogP contribution in [-0.4, -0.2) is 60.1 Å². The highest BCUT2D eigenvalue weighted by atomic mass is 15.3. The van der Waals surface area contributed by atoms with Crippen LogP contribution >= 0.6 is 0 Å². The van der Waals surface area contributed by atoms with Crippen molar-refractivity contribution in [2.45, 2.75) is 70.5 Å². The molecule has 3 nitrogen and oxygen atoms in total. The zero-order chi connectivity index (χ0) is 14.2. The lowest BCUT2D eigenvalue weighted by molar-refractivity contribution is 0.0710. The van der Waals surface area contributed by atoms with Crippen molar-refractivity contribution in [3.63, 3.8) is 0 Å². The van der Waals surface area contributed by atoms with Crippen LogP contribution in [0.4, 0.5) is 0 Å². The predicted molar refractivity (Wildman–Crippen MR) is 85.1 cm³/mol. The molecule has 0 aromatic heterocycles. The first kappa shape index (κ1) is 14.8. The molecule has 1 aliphatic carbocycles. The van der Waals surface area contributed by atoms with E-state index in [2.05, 4.69) is 35.9 Å². The minimum atomic E-state index is 0.267. The molecule has 3 aliphatic rings. The van der Waals surface area contributed by atoms with Crippen molar-refractivity contribution >= 4 is 0 Å². The van der Waals surface area contributed by atoms with E-state index in [-0.39, 0.29) is 5.54 Å². The Morgan fingerprint density at radius 2 is 1.70 bits per heavy atom. The first-order valence-corrected chi connectivity index (χ1v) is 8.76. The molecule has 3 atom stereocenters. The summed E-state index contributed by atoms with van der Waals surface area (Å²) in [7, 11) is 0. The van der Waals surface area contributed by atoms with E-state index < -0.39 is 0 Å². The third-order valence-electron chi connectivity index (χ3n) is 5.59. The maximum Gasteiger partial charge on any atom is 0.0235 e. The van der Waals surface area contributed by atoms with Gasteiger partial charge in [0.05, 0.1) is 0 Å². The van der Waals surface area contributed by atoms with E-state index in [1.54, 1.807) is 0 Å². The van der Waals surface area contributed by atoms with Gasteiger partial charge in [0.15, 0.2) is 0 Å². The first-order valence-electron chi connectivity index (χ1n) is 8.76. The van der Waals surface area contributed by atoms with Crippen LogP contribution in [0.5, 0.6) is 0 Å². The number of nitrogens with zero attached hydrogens (tertiary/aromatic N) is 2. The molecule has 0 aromatic carbocycles. The summed E-state index contributed by atoms with van der Waals surface area (Å²) in [6.07, 6.45) is 7.13. The van der Waals surface area contributed by atoms with Gasteiger partial charge in [0.1, 0.15) is 0 Å². The Balaban J connectivity index is 1.45. The van der Waals surface area contributed by atoms with E-state index in [0.717, 1.165) is 18.0 Å². The van der Waals surface area contributed by atoms with Crippen molar-refractivity contribution in [3.05, 3.63) is 0 Å². The molecule has 116 valence electrons. The van der Waals surface area contributed by atoms with Crippen molar-refractivity contribution in [1.82, 2.24) is 15.1 Å². The van der Waals surface area contributed by atoms with Gasteiger partial charge >= 0.3 is 0 Å². The highest BCUT2D eigenvalue weighted by Gasteiger charge is 2.40. The molecular weight excluding hydrogens is 246 g/mol. The standard InChI is InChI=1S/C17H33N3/c1-17(2,3)18-12-14-6-7-16(14)20-11-8-15(13-20)19-9-4-5-10-19/h14-16,18H,4-13H2,1-3H3. The van der Waals surface area contributed by atoms with Crippen molar-refractivity contribution in [3.8, 4) is 0 Å². The summed E-state index contributed by atoms with van der Waals surface area (Å²) in [4.78, 5) is 5.56. The van der Waals surface area contributed by atoms with Crippen molar-refractivity contribution < 1.29 is 0 Å². The zero-order valence-corrected chi connectivity index (χ0v) is 13.7. The Kier molecular flexibility index (Phi) is 4.40. The van der Waals surface area contributed by atoms with Gasteiger partial charge in [0.2, 0.25) is 0 Å². The van der Waals surface area contributed by atoms with Crippen LogP contribution in [0.2, 0.25) is 0 Å². The smallest absolute Gasteiger partial charge is 0.0235 e. The van der Waals surface area contributed by atoms with E-state index in [4.69, 9.17) is 0 Å². The van der Waals surface area contributed by atoms with Crippen molar-refractivity contribution in [2.24, 2.45) is 5.92 Å². The molecule has 2 saturated heterocycles. The largest absolute Gasteiger partial charge is 0.312 e. The average Bonchev–Trinajstić information content (AvgIpc) is 2.94. The topological polar surface area (TPSA) is 18.5 Å². The molecular formula is C17H33N3. The third-order valence-corrected chi connectivity index (χ3v) is 5.59. The minimum absolute atomic E-state index is 0.267. The molecule has 0 amide bonds. The van der Waals surface area contributed by atoms with Gasteiger partial charge in [-0.3, -0.25) is 9.80 Å². The Bertz CT molecular complexity index is 317. The lowest BCUT2D eigenvalue weighted by Crippen LogP contribution is -2.52. The maximum absolute atomic E-state index is 3.71. The molecule has 3 heteroatoms. The van der Waals surface area contributed by atoms with Gasteiger partial charge in [0, 0.05) is 30.7 Å². The molecule has 2 heterocycles. The SMILES string of the molecule is CC(C)(C)NCC1CCC1N1CCC(N2CCCC2)C1. The van der Waals surface area contributed by atoms with Gasteiger partial charge in [0.25, 0.3) is 0 Å². The van der Waals surface area contributed by atoms with Crippen molar-refractivity contribution in [1.29, 1.82) is 0 Å². The first-order chi connectivity index (χ1) is 9.53. The van der Waals surface area contributed by atoms with Crippen LogP contribution in [0.25, 0.3) is 0 Å². The van der Waals surface area contributed by atoms with Crippen LogP contribution in [0.1, 0.15) is 52.9 Å². The fourth-order valence-corrected chi connectivity index (χ4v) is 4.18. The number of hydrogen-bond acceptors (Lipinski definition) is 3. The molecule has 0 radical (unpaired) electrons. The van der Waals surface area contributed by atoms with Gasteiger partial charge < -0.3 is 5.32 Å². The highest BCUT2D eigenvalue weighted by Crippen LogP contribution is 2.35. The number of hydrogen-bond donors (Lipinski definition) is 1. The quantitative estimate of drug-likeness (QED) is 0.852. The van der Waals surface area contributed by atoms with E-state index >= 15 is 0 Å². The third kappa shape index (κ3) is 3.37.